The number of aromatic nitrogens is 1. The van der Waals surface area contributed by atoms with Gasteiger partial charge in [0.25, 0.3) is 5.91 Å². The molecule has 230 valence electrons. The first-order valence-corrected chi connectivity index (χ1v) is 15.9. The van der Waals surface area contributed by atoms with E-state index in [2.05, 4.69) is 11.5 Å². The maximum absolute atomic E-state index is 15.6. The van der Waals surface area contributed by atoms with Crippen LogP contribution in [-0.4, -0.2) is 46.7 Å². The fraction of sp³-hybridized carbons (Fsp3) is 0.257. The number of amides is 1. The molecule has 4 heterocycles. The molecule has 3 aliphatic heterocycles. The van der Waals surface area contributed by atoms with Gasteiger partial charge in [-0.15, -0.1) is 11.8 Å². The van der Waals surface area contributed by atoms with E-state index in [1.807, 2.05) is 59.6 Å². The normalized spacial score (nSPS) is 19.2. The first kappa shape index (κ1) is 29.2. The second-order valence-electron chi connectivity index (χ2n) is 11.5. The van der Waals surface area contributed by atoms with Gasteiger partial charge in [-0.25, -0.2) is 8.78 Å². The highest BCUT2D eigenvalue weighted by atomic mass is 32.2. The van der Waals surface area contributed by atoms with Crippen molar-refractivity contribution in [2.24, 2.45) is 0 Å². The Hall–Kier alpha value is -4.57. The van der Waals surface area contributed by atoms with Crippen LogP contribution in [-0.2, 0) is 12.4 Å². The zero-order chi connectivity index (χ0) is 31.2. The number of halogens is 2. The summed E-state index contributed by atoms with van der Waals surface area (Å²) in [5, 5.41) is 2.01. The highest BCUT2D eigenvalue weighted by molar-refractivity contribution is 7.98. The number of thioether (sulfide) groups is 1. The Morgan fingerprint density at radius 3 is 2.53 bits per heavy atom. The number of ether oxygens (including phenoxy) is 1. The second kappa shape index (κ2) is 11.7. The molecule has 0 saturated carbocycles. The van der Waals surface area contributed by atoms with E-state index in [-0.39, 0.29) is 35.3 Å². The van der Waals surface area contributed by atoms with E-state index >= 15 is 4.39 Å². The minimum Gasteiger partial charge on any atom is -0.482 e. The van der Waals surface area contributed by atoms with Crippen LogP contribution < -0.4 is 15.2 Å². The molecule has 0 spiro atoms. The maximum Gasteiger partial charge on any atom is 0.277 e. The number of pyridine rings is 1. The molecule has 1 amide bonds. The van der Waals surface area contributed by atoms with Gasteiger partial charge in [-0.05, 0) is 41.7 Å². The number of rotatable bonds is 6. The second-order valence-corrected chi connectivity index (χ2v) is 12.5. The zero-order valence-electron chi connectivity index (χ0n) is 24.8. The van der Waals surface area contributed by atoms with Crippen LogP contribution in [0.1, 0.15) is 51.6 Å². The number of allylic oxidation sites excluding steroid dienone is 1. The highest BCUT2D eigenvalue weighted by Gasteiger charge is 2.45. The molecule has 0 bridgehead atoms. The van der Waals surface area contributed by atoms with Crippen LogP contribution in [0.15, 0.2) is 101 Å². The van der Waals surface area contributed by atoms with Gasteiger partial charge in [-0.2, -0.15) is 0 Å². The number of benzene rings is 3. The number of likely N-dealkylation sites (tertiary alicyclic amines) is 1. The van der Waals surface area contributed by atoms with Gasteiger partial charge in [0.2, 0.25) is 5.43 Å². The minimum absolute atomic E-state index is 0.0611. The first-order chi connectivity index (χ1) is 21.8. The fourth-order valence-electron chi connectivity index (χ4n) is 6.55. The Morgan fingerprint density at radius 1 is 0.978 bits per heavy atom. The third-order valence-electron chi connectivity index (χ3n) is 8.89. The lowest BCUT2D eigenvalue weighted by atomic mass is 9.93. The molecule has 7 rings (SSSR count). The van der Waals surface area contributed by atoms with Crippen LogP contribution in [0.5, 0.6) is 5.75 Å². The van der Waals surface area contributed by atoms with Crippen molar-refractivity contribution in [1.29, 1.82) is 0 Å². The molecular formula is C35H32F2N4O3S. The number of carbonyl (C=O) groups is 1. The molecule has 7 nitrogen and oxygen atoms in total. The summed E-state index contributed by atoms with van der Waals surface area (Å²) >= 11 is 1.45. The lowest BCUT2D eigenvalue weighted by Crippen LogP contribution is -2.64. The third kappa shape index (κ3) is 5.07. The van der Waals surface area contributed by atoms with Crippen molar-refractivity contribution < 1.29 is 18.3 Å². The molecule has 45 heavy (non-hydrogen) atoms. The largest absolute Gasteiger partial charge is 0.482 e. The SMILES string of the molecule is C=C1CCCN1CC1N(C)C(=O)c2c(OCc3ccccc3)c(=O)ccn2N1C1c2ccccc2SCc2c1ccc(F)c2F. The molecular weight excluding hydrogens is 594 g/mol. The van der Waals surface area contributed by atoms with E-state index in [0.29, 0.717) is 12.1 Å². The van der Waals surface area contributed by atoms with Crippen LogP contribution in [0.4, 0.5) is 8.78 Å². The van der Waals surface area contributed by atoms with Gasteiger partial charge >= 0.3 is 0 Å². The Morgan fingerprint density at radius 2 is 1.76 bits per heavy atom. The molecule has 2 atom stereocenters. The van der Waals surface area contributed by atoms with Gasteiger partial charge in [0, 0.05) is 47.8 Å². The zero-order valence-corrected chi connectivity index (χ0v) is 25.6. The van der Waals surface area contributed by atoms with Crippen molar-refractivity contribution >= 4 is 17.7 Å². The summed E-state index contributed by atoms with van der Waals surface area (Å²) in [5.41, 5.74) is 3.24. The summed E-state index contributed by atoms with van der Waals surface area (Å²) in [6.07, 6.45) is 2.84. The van der Waals surface area contributed by atoms with Crippen LogP contribution >= 0.6 is 11.8 Å². The standard InChI is InChI=1S/C35H32F2N4O3S/c1-22-9-8-17-39(22)19-30-38(2)35(43)33-34(44-20-23-10-4-3-5-11-23)28(42)16-18-40(33)41(30)32-24-14-15-27(36)31(37)26(24)21-45-29-13-7-6-12-25(29)32/h3-7,10-16,18,30,32H,1,8-9,17,19-21H2,2H3. The van der Waals surface area contributed by atoms with Crippen molar-refractivity contribution in [1.82, 2.24) is 14.5 Å². The molecule has 1 saturated heterocycles. The Kier molecular flexibility index (Phi) is 7.61. The number of carbonyl (C=O) groups excluding carboxylic acids is 1. The average Bonchev–Trinajstić information content (AvgIpc) is 3.38. The summed E-state index contributed by atoms with van der Waals surface area (Å²) in [7, 11) is 1.71. The van der Waals surface area contributed by atoms with Crippen LogP contribution in [0.25, 0.3) is 0 Å². The molecule has 4 aromatic rings. The third-order valence-corrected chi connectivity index (χ3v) is 10.0. The van der Waals surface area contributed by atoms with Gasteiger partial charge in [0.1, 0.15) is 12.8 Å². The van der Waals surface area contributed by atoms with Gasteiger partial charge in [-0.3, -0.25) is 19.3 Å². The smallest absolute Gasteiger partial charge is 0.277 e. The lowest BCUT2D eigenvalue weighted by molar-refractivity contribution is 0.0574. The number of fused-ring (bicyclic) bond motifs is 3. The van der Waals surface area contributed by atoms with E-state index in [0.717, 1.165) is 47.2 Å². The minimum atomic E-state index is -0.907. The molecule has 3 aromatic carbocycles. The van der Waals surface area contributed by atoms with Gasteiger partial charge in [-0.1, -0.05) is 61.2 Å². The van der Waals surface area contributed by atoms with Crippen LogP contribution in [0.3, 0.4) is 0 Å². The maximum atomic E-state index is 15.6. The fourth-order valence-corrected chi connectivity index (χ4v) is 7.66. The van der Waals surface area contributed by atoms with Gasteiger partial charge in [0.15, 0.2) is 23.1 Å². The van der Waals surface area contributed by atoms with Crippen LogP contribution in [0, 0.1) is 11.6 Å². The molecule has 2 unspecified atom stereocenters. The highest BCUT2D eigenvalue weighted by Crippen LogP contribution is 2.45. The van der Waals surface area contributed by atoms with E-state index in [1.54, 1.807) is 28.9 Å². The number of hydrogen-bond acceptors (Lipinski definition) is 6. The number of nitrogens with zero attached hydrogens (tertiary/aromatic N) is 4. The topological polar surface area (TPSA) is 58.0 Å². The Balaban J connectivity index is 1.45. The van der Waals surface area contributed by atoms with E-state index in [9.17, 15) is 14.0 Å². The summed E-state index contributed by atoms with van der Waals surface area (Å²) in [4.78, 5) is 32.3. The predicted octanol–water partition coefficient (Wildman–Crippen LogP) is 6.06. The summed E-state index contributed by atoms with van der Waals surface area (Å²) in [6.45, 7) is 5.57. The van der Waals surface area contributed by atoms with Crippen LogP contribution in [0.2, 0.25) is 0 Å². The van der Waals surface area contributed by atoms with Gasteiger partial charge < -0.3 is 14.5 Å². The molecule has 0 aliphatic carbocycles. The quantitative estimate of drug-likeness (QED) is 0.260. The molecule has 10 heteroatoms. The van der Waals surface area contributed by atoms with Gasteiger partial charge in [0.05, 0.1) is 12.6 Å². The van der Waals surface area contributed by atoms with E-state index < -0.39 is 29.3 Å². The number of likely N-dealkylation sites (N-methyl/N-ethyl adjacent to an activating group) is 1. The van der Waals surface area contributed by atoms with E-state index in [1.165, 1.54) is 17.8 Å². The molecule has 1 aromatic heterocycles. The molecule has 3 aliphatic rings. The summed E-state index contributed by atoms with van der Waals surface area (Å²) in [6, 6.07) is 20.8. The predicted molar refractivity (Wildman–Crippen MR) is 170 cm³/mol. The van der Waals surface area contributed by atoms with Crippen molar-refractivity contribution in [2.75, 3.05) is 25.1 Å². The Labute approximate surface area is 264 Å². The molecule has 0 radical (unpaired) electrons. The Bertz CT molecular complexity index is 1860. The summed E-state index contributed by atoms with van der Waals surface area (Å²) < 4.78 is 38.0. The average molecular weight is 627 g/mol. The molecule has 1 fully saturated rings. The van der Waals surface area contributed by atoms with E-state index in [4.69, 9.17) is 4.74 Å². The van der Waals surface area contributed by atoms with Crippen molar-refractivity contribution in [2.45, 2.75) is 42.3 Å². The summed E-state index contributed by atoms with van der Waals surface area (Å²) in [5.74, 6) is -1.98. The molecule has 0 N–H and O–H groups in total. The lowest BCUT2D eigenvalue weighted by Gasteiger charge is -2.50. The van der Waals surface area contributed by atoms with Crippen molar-refractivity contribution in [3.05, 3.63) is 141 Å². The monoisotopic (exact) mass is 626 g/mol. The van der Waals surface area contributed by atoms with Crippen molar-refractivity contribution in [3.63, 3.8) is 0 Å². The van der Waals surface area contributed by atoms with Crippen molar-refractivity contribution in [3.8, 4) is 5.75 Å². The first-order valence-electron chi connectivity index (χ1n) is 14.9. The number of hydrogen-bond donors (Lipinski definition) is 0.